The minimum Gasteiger partial charge on any atom is -0.467 e. The van der Waals surface area contributed by atoms with Crippen molar-refractivity contribution in [3.8, 4) is 0 Å². The number of aliphatic imine (C=N–C) groups is 1. The number of anilines is 1. The highest BCUT2D eigenvalue weighted by Gasteiger charge is 2.39. The van der Waals surface area contributed by atoms with Crippen molar-refractivity contribution in [2.45, 2.75) is 25.1 Å². The highest BCUT2D eigenvalue weighted by Crippen LogP contribution is 2.33. The zero-order valence-electron chi connectivity index (χ0n) is 17.4. The van der Waals surface area contributed by atoms with Crippen LogP contribution in [0.5, 0.6) is 0 Å². The lowest BCUT2D eigenvalue weighted by atomic mass is 10.1. The Morgan fingerprint density at radius 3 is 2.47 bits per heavy atom. The van der Waals surface area contributed by atoms with Crippen molar-refractivity contribution < 1.29 is 18.8 Å². The van der Waals surface area contributed by atoms with Crippen LogP contribution >= 0.6 is 11.8 Å². The van der Waals surface area contributed by atoms with Crippen LogP contribution in [0.1, 0.15) is 29.5 Å². The van der Waals surface area contributed by atoms with E-state index in [4.69, 9.17) is 4.42 Å². The number of para-hydroxylation sites is 1. The fraction of sp³-hybridized carbons (Fsp3) is 0.167. The Balaban J connectivity index is 1.48. The van der Waals surface area contributed by atoms with Gasteiger partial charge in [0, 0.05) is 17.7 Å². The van der Waals surface area contributed by atoms with Gasteiger partial charge in [0.05, 0.1) is 18.5 Å². The van der Waals surface area contributed by atoms with E-state index in [0.717, 1.165) is 5.69 Å². The molecular weight excluding hydrogens is 426 g/mol. The van der Waals surface area contributed by atoms with Crippen LogP contribution in [0.4, 0.5) is 11.4 Å². The van der Waals surface area contributed by atoms with E-state index in [0.29, 0.717) is 22.2 Å². The van der Waals surface area contributed by atoms with Gasteiger partial charge in [0.2, 0.25) is 11.8 Å². The smallest absolute Gasteiger partial charge is 0.243 e. The van der Waals surface area contributed by atoms with Crippen molar-refractivity contribution in [3.05, 3.63) is 84.3 Å². The van der Waals surface area contributed by atoms with Gasteiger partial charge in [-0.2, -0.15) is 0 Å². The topological polar surface area (TPSA) is 92.0 Å². The molecule has 0 radical (unpaired) electrons. The van der Waals surface area contributed by atoms with Gasteiger partial charge >= 0.3 is 0 Å². The molecule has 3 aromatic rings. The molecule has 0 bridgehead atoms. The Morgan fingerprint density at radius 2 is 1.81 bits per heavy atom. The molecule has 2 heterocycles. The first-order chi connectivity index (χ1) is 15.5. The van der Waals surface area contributed by atoms with E-state index in [-0.39, 0.29) is 30.6 Å². The molecule has 1 aliphatic rings. The maximum Gasteiger partial charge on any atom is 0.243 e. The van der Waals surface area contributed by atoms with Crippen molar-refractivity contribution in [2.24, 2.45) is 4.99 Å². The fourth-order valence-corrected chi connectivity index (χ4v) is 4.37. The number of thioether (sulfide) groups is 1. The summed E-state index contributed by atoms with van der Waals surface area (Å²) in [5.41, 5.74) is 1.86. The number of amides is 2. The Hall–Kier alpha value is -3.65. The van der Waals surface area contributed by atoms with Crippen molar-refractivity contribution in [1.29, 1.82) is 0 Å². The Labute approximate surface area is 189 Å². The summed E-state index contributed by atoms with van der Waals surface area (Å²) in [5.74, 6) is 0.113. The number of Topliss-reactive ketones (excluding diaryl/α,β-unsaturated/α-hetero) is 1. The minimum absolute atomic E-state index is 0.000421. The highest BCUT2D eigenvalue weighted by molar-refractivity contribution is 8.15. The number of furan rings is 1. The zero-order chi connectivity index (χ0) is 22.5. The largest absolute Gasteiger partial charge is 0.467 e. The fourth-order valence-electron chi connectivity index (χ4n) is 3.21. The Morgan fingerprint density at radius 1 is 1.06 bits per heavy atom. The van der Waals surface area contributed by atoms with E-state index in [9.17, 15) is 14.4 Å². The molecule has 0 aliphatic carbocycles. The number of nitrogens with zero attached hydrogens (tertiary/aromatic N) is 2. The number of rotatable bonds is 7. The molecular formula is C24H21N3O4S. The van der Waals surface area contributed by atoms with Gasteiger partial charge < -0.3 is 9.73 Å². The second kappa shape index (κ2) is 9.65. The maximum atomic E-state index is 13.1. The molecule has 8 heteroatoms. The number of carbonyl (C=O) groups is 3. The monoisotopic (exact) mass is 447 g/mol. The first-order valence-corrected chi connectivity index (χ1v) is 10.9. The molecule has 1 N–H and O–H groups in total. The molecule has 1 unspecified atom stereocenters. The number of amidine groups is 1. The lowest BCUT2D eigenvalue weighted by molar-refractivity contribution is -0.128. The van der Waals surface area contributed by atoms with Gasteiger partial charge in [-0.3, -0.25) is 19.3 Å². The average molecular weight is 448 g/mol. The predicted molar refractivity (Wildman–Crippen MR) is 124 cm³/mol. The van der Waals surface area contributed by atoms with Crippen LogP contribution in [-0.2, 0) is 16.1 Å². The number of hydrogen-bond acceptors (Lipinski definition) is 6. The summed E-state index contributed by atoms with van der Waals surface area (Å²) < 4.78 is 5.40. The summed E-state index contributed by atoms with van der Waals surface area (Å²) in [6.07, 6.45) is 1.56. The molecule has 0 spiro atoms. The average Bonchev–Trinajstić information content (AvgIpc) is 3.39. The summed E-state index contributed by atoms with van der Waals surface area (Å²) >= 11 is 1.27. The van der Waals surface area contributed by atoms with Gasteiger partial charge in [0.1, 0.15) is 11.0 Å². The lowest BCUT2D eigenvalue weighted by Crippen LogP contribution is -2.33. The molecule has 32 heavy (non-hydrogen) atoms. The first-order valence-electron chi connectivity index (χ1n) is 10.0. The molecule has 2 aromatic carbocycles. The normalized spacial score (nSPS) is 17.0. The number of carbonyl (C=O) groups excluding carboxylic acids is 3. The predicted octanol–water partition coefficient (Wildman–Crippen LogP) is 4.64. The van der Waals surface area contributed by atoms with Crippen LogP contribution in [0.2, 0.25) is 0 Å². The van der Waals surface area contributed by atoms with Crippen molar-refractivity contribution in [2.75, 3.05) is 5.32 Å². The van der Waals surface area contributed by atoms with Gasteiger partial charge in [0.25, 0.3) is 0 Å². The third-order valence-corrected chi connectivity index (χ3v) is 6.02. The van der Waals surface area contributed by atoms with Crippen LogP contribution in [-0.4, -0.2) is 32.9 Å². The molecule has 1 saturated heterocycles. The quantitative estimate of drug-likeness (QED) is 0.533. The van der Waals surface area contributed by atoms with Crippen molar-refractivity contribution in [3.63, 3.8) is 0 Å². The number of hydrogen-bond donors (Lipinski definition) is 1. The first kappa shape index (κ1) is 21.6. The summed E-state index contributed by atoms with van der Waals surface area (Å²) in [7, 11) is 0. The van der Waals surface area contributed by atoms with Gasteiger partial charge in [0.15, 0.2) is 11.0 Å². The summed E-state index contributed by atoms with van der Waals surface area (Å²) in [4.78, 5) is 43.3. The summed E-state index contributed by atoms with van der Waals surface area (Å²) in [6, 6.07) is 19.6. The SMILES string of the molecule is CC(=O)c1ccc(NC(=O)CC2SC(=Nc3ccccc3)N(Cc3ccco3)C2=O)cc1. The molecule has 162 valence electrons. The van der Waals surface area contributed by atoms with Gasteiger partial charge in [-0.15, -0.1) is 0 Å². The van der Waals surface area contributed by atoms with Crippen LogP contribution in [0, 0.1) is 0 Å². The van der Waals surface area contributed by atoms with Gasteiger partial charge in [-0.05, 0) is 55.5 Å². The van der Waals surface area contributed by atoms with Crippen LogP contribution < -0.4 is 5.32 Å². The number of ketones is 1. The third kappa shape index (κ3) is 5.15. The maximum absolute atomic E-state index is 13.1. The number of benzene rings is 2. The molecule has 1 aliphatic heterocycles. The van der Waals surface area contributed by atoms with E-state index in [2.05, 4.69) is 10.3 Å². The number of nitrogens with one attached hydrogen (secondary N) is 1. The molecule has 7 nitrogen and oxygen atoms in total. The van der Waals surface area contributed by atoms with E-state index < -0.39 is 5.25 Å². The lowest BCUT2D eigenvalue weighted by Gasteiger charge is -2.15. The molecule has 1 atom stereocenters. The molecule has 2 amide bonds. The zero-order valence-corrected chi connectivity index (χ0v) is 18.2. The standard InChI is InChI=1S/C24H21N3O4S/c1-16(28)17-9-11-19(12-10-17)25-22(29)14-21-23(30)27(15-20-8-5-13-31-20)24(32-21)26-18-6-3-2-4-7-18/h2-13,21H,14-15H2,1H3,(H,25,29). The molecule has 1 fully saturated rings. The Bertz CT molecular complexity index is 1140. The molecule has 0 saturated carbocycles. The molecule has 4 rings (SSSR count). The van der Waals surface area contributed by atoms with Crippen molar-refractivity contribution in [1.82, 2.24) is 4.90 Å². The van der Waals surface area contributed by atoms with E-state index in [1.165, 1.54) is 18.7 Å². The van der Waals surface area contributed by atoms with E-state index in [1.54, 1.807) is 47.6 Å². The van der Waals surface area contributed by atoms with Crippen molar-refractivity contribution >= 4 is 45.9 Å². The van der Waals surface area contributed by atoms with Crippen LogP contribution in [0.25, 0.3) is 0 Å². The van der Waals surface area contributed by atoms with Gasteiger partial charge in [-0.1, -0.05) is 30.0 Å². The van der Waals surface area contributed by atoms with Gasteiger partial charge in [-0.25, -0.2) is 4.99 Å². The third-order valence-electron chi connectivity index (χ3n) is 4.84. The Kier molecular flexibility index (Phi) is 6.51. The molecule has 1 aromatic heterocycles. The van der Waals surface area contributed by atoms with E-state index >= 15 is 0 Å². The van der Waals surface area contributed by atoms with E-state index in [1.807, 2.05) is 30.3 Å². The second-order valence-electron chi connectivity index (χ2n) is 7.23. The highest BCUT2D eigenvalue weighted by atomic mass is 32.2. The second-order valence-corrected chi connectivity index (χ2v) is 8.40. The minimum atomic E-state index is -0.594. The summed E-state index contributed by atoms with van der Waals surface area (Å²) in [6.45, 7) is 1.73. The summed E-state index contributed by atoms with van der Waals surface area (Å²) in [5, 5.41) is 2.72. The van der Waals surface area contributed by atoms with Crippen LogP contribution in [0.15, 0.2) is 82.4 Å². The van der Waals surface area contributed by atoms with Crippen LogP contribution in [0.3, 0.4) is 0 Å².